The van der Waals surface area contributed by atoms with Gasteiger partial charge in [0.25, 0.3) is 11.5 Å². The third-order valence-electron chi connectivity index (χ3n) is 7.61. The van der Waals surface area contributed by atoms with Crippen LogP contribution in [-0.4, -0.2) is 77.4 Å². The first-order valence-corrected chi connectivity index (χ1v) is 14.6. The van der Waals surface area contributed by atoms with Crippen molar-refractivity contribution in [2.45, 2.75) is 25.0 Å². The van der Waals surface area contributed by atoms with Crippen molar-refractivity contribution in [3.63, 3.8) is 0 Å². The van der Waals surface area contributed by atoms with Crippen molar-refractivity contribution in [2.24, 2.45) is 0 Å². The summed E-state index contributed by atoms with van der Waals surface area (Å²) in [6, 6.07) is 11.1. The number of anilines is 1. The fraction of sp³-hybridized carbons (Fsp3) is 0.379. The maximum Gasteiger partial charge on any atom is 0.267 e. The Morgan fingerprint density at radius 3 is 2.56 bits per heavy atom. The van der Waals surface area contributed by atoms with Crippen LogP contribution in [0.2, 0.25) is 0 Å². The number of methoxy groups -OCH3 is 2. The average Bonchev–Trinajstić information content (AvgIpc) is 3.56. The highest BCUT2D eigenvalue weighted by atomic mass is 32.2. The lowest BCUT2D eigenvalue weighted by Crippen LogP contribution is -2.46. The molecule has 0 aliphatic carbocycles. The molecule has 10 nitrogen and oxygen atoms in total. The highest BCUT2D eigenvalue weighted by Gasteiger charge is 2.41. The molecule has 0 atom stereocenters. The summed E-state index contributed by atoms with van der Waals surface area (Å²) in [4.78, 5) is 36.2. The van der Waals surface area contributed by atoms with Gasteiger partial charge in [-0.05, 0) is 42.3 Å². The molecule has 3 fully saturated rings. The molecule has 1 aromatic carbocycles. The minimum absolute atomic E-state index is 0.227. The second-order valence-electron chi connectivity index (χ2n) is 9.95. The van der Waals surface area contributed by atoms with Crippen LogP contribution in [0.25, 0.3) is 11.7 Å². The van der Waals surface area contributed by atoms with Gasteiger partial charge in [0.05, 0.1) is 37.9 Å². The molecule has 0 unspecified atom stereocenters. The summed E-state index contributed by atoms with van der Waals surface area (Å²) in [6.07, 6.45) is 5.24. The summed E-state index contributed by atoms with van der Waals surface area (Å²) in [5, 5.41) is 0. The van der Waals surface area contributed by atoms with E-state index in [4.69, 9.17) is 36.1 Å². The minimum atomic E-state index is -0.557. The average molecular weight is 595 g/mol. The van der Waals surface area contributed by atoms with Crippen LogP contribution < -0.4 is 19.9 Å². The highest BCUT2D eigenvalue weighted by molar-refractivity contribution is 8.26. The number of fused-ring (bicyclic) bond motifs is 1. The van der Waals surface area contributed by atoms with Crippen molar-refractivity contribution in [1.29, 1.82) is 0 Å². The number of hydrogen-bond acceptors (Lipinski definition) is 10. The number of aromatic nitrogens is 2. The van der Waals surface area contributed by atoms with Crippen molar-refractivity contribution in [3.05, 3.63) is 69.0 Å². The normalized spacial score (nSPS) is 19.6. The van der Waals surface area contributed by atoms with Gasteiger partial charge in [0.2, 0.25) is 0 Å². The molecule has 1 spiro atoms. The smallest absolute Gasteiger partial charge is 0.267 e. The first-order chi connectivity index (χ1) is 19.9. The van der Waals surface area contributed by atoms with E-state index in [0.717, 1.165) is 5.56 Å². The van der Waals surface area contributed by atoms with Crippen molar-refractivity contribution >= 4 is 51.7 Å². The predicted octanol–water partition coefficient (Wildman–Crippen LogP) is 3.50. The quantitative estimate of drug-likeness (QED) is 0.299. The number of thiocarbonyl (C=S) groups is 1. The number of carbonyl (C=O) groups excluding carboxylic acids is 1. The third-order valence-corrected chi connectivity index (χ3v) is 8.99. The summed E-state index contributed by atoms with van der Waals surface area (Å²) in [6.45, 7) is 2.81. The maximum atomic E-state index is 13.7. The molecule has 0 radical (unpaired) electrons. The lowest BCUT2D eigenvalue weighted by Gasteiger charge is -2.38. The summed E-state index contributed by atoms with van der Waals surface area (Å²) in [5.41, 5.74) is 1.65. The van der Waals surface area contributed by atoms with Gasteiger partial charge < -0.3 is 23.8 Å². The van der Waals surface area contributed by atoms with Crippen molar-refractivity contribution in [1.82, 2.24) is 14.3 Å². The molecule has 41 heavy (non-hydrogen) atoms. The first-order valence-electron chi connectivity index (χ1n) is 13.4. The lowest BCUT2D eigenvalue weighted by molar-refractivity contribution is -0.169. The lowest BCUT2D eigenvalue weighted by atomic mass is 10.0. The zero-order chi connectivity index (χ0) is 28.6. The highest BCUT2D eigenvalue weighted by Crippen LogP contribution is 2.36. The zero-order valence-electron chi connectivity index (χ0n) is 22.8. The van der Waals surface area contributed by atoms with E-state index in [-0.39, 0.29) is 11.5 Å². The molecular formula is C29H30N4O6S2. The number of carbonyl (C=O) groups is 1. The topological polar surface area (TPSA) is 94.8 Å². The van der Waals surface area contributed by atoms with Gasteiger partial charge in [-0.25, -0.2) is 4.98 Å². The first kappa shape index (κ1) is 27.7. The van der Waals surface area contributed by atoms with Crippen LogP contribution in [0.1, 0.15) is 24.0 Å². The second kappa shape index (κ2) is 11.4. The van der Waals surface area contributed by atoms with Crippen molar-refractivity contribution < 1.29 is 23.7 Å². The molecule has 5 heterocycles. The summed E-state index contributed by atoms with van der Waals surface area (Å²) >= 11 is 6.79. The zero-order valence-corrected chi connectivity index (χ0v) is 24.5. The predicted molar refractivity (Wildman–Crippen MR) is 161 cm³/mol. The van der Waals surface area contributed by atoms with E-state index in [1.165, 1.54) is 16.2 Å². The molecule has 0 N–H and O–H groups in total. The van der Waals surface area contributed by atoms with Crippen LogP contribution >= 0.6 is 24.0 Å². The number of thioether (sulfide) groups is 1. The number of pyridine rings is 1. The number of nitrogens with zero attached hydrogens (tertiary/aromatic N) is 4. The van der Waals surface area contributed by atoms with E-state index in [2.05, 4.69) is 4.90 Å². The largest absolute Gasteiger partial charge is 0.493 e. The van der Waals surface area contributed by atoms with Gasteiger partial charge in [0.15, 0.2) is 17.3 Å². The standard InChI is InChI=1S/C29H30N4O6S2/c1-36-21-7-6-19(17-22(21)37-2)8-12-33-27(35)23(41-28(33)40)18-20-25(30-24-5-3-4-11-32(24)26(20)34)31-13-9-29(10-14-31)38-15-16-39-29/h3-7,11,17-18H,8-10,12-16H2,1-2H3/b23-18+. The summed E-state index contributed by atoms with van der Waals surface area (Å²) in [5.74, 6) is 1.03. The molecule has 3 aliphatic heterocycles. The van der Waals surface area contributed by atoms with Crippen molar-refractivity contribution in [2.75, 3.05) is 52.0 Å². The Labute approximate surface area is 246 Å². The van der Waals surface area contributed by atoms with E-state index in [9.17, 15) is 9.59 Å². The van der Waals surface area contributed by atoms with Gasteiger partial charge >= 0.3 is 0 Å². The van der Waals surface area contributed by atoms with E-state index in [1.807, 2.05) is 24.3 Å². The Morgan fingerprint density at radius 2 is 1.83 bits per heavy atom. The number of ether oxygens (including phenoxy) is 4. The van der Waals surface area contributed by atoms with Crippen LogP contribution in [0.4, 0.5) is 5.82 Å². The number of hydrogen-bond donors (Lipinski definition) is 0. The van der Waals surface area contributed by atoms with Crippen LogP contribution in [0, 0.1) is 0 Å². The Kier molecular flexibility index (Phi) is 7.73. The maximum absolute atomic E-state index is 13.7. The minimum Gasteiger partial charge on any atom is -0.493 e. The van der Waals surface area contributed by atoms with Crippen LogP contribution in [0.3, 0.4) is 0 Å². The molecule has 0 saturated carbocycles. The van der Waals surface area contributed by atoms with Crippen LogP contribution in [0.15, 0.2) is 52.3 Å². The molecule has 1 amide bonds. The monoisotopic (exact) mass is 594 g/mol. The summed E-state index contributed by atoms with van der Waals surface area (Å²) in [7, 11) is 3.18. The van der Waals surface area contributed by atoms with Gasteiger partial charge in [-0.1, -0.05) is 36.1 Å². The third kappa shape index (κ3) is 5.32. The number of amides is 1. The number of rotatable bonds is 7. The van der Waals surface area contributed by atoms with Gasteiger partial charge in [-0.15, -0.1) is 0 Å². The number of piperidine rings is 1. The summed E-state index contributed by atoms with van der Waals surface area (Å²) < 4.78 is 24.4. The van der Waals surface area contributed by atoms with E-state index < -0.39 is 5.79 Å². The SMILES string of the molecule is COc1ccc(CCN2C(=O)/C(=C\c3c(N4CCC5(CC4)OCCO5)nc4ccccn4c3=O)SC2=S)cc1OC. The Hall–Kier alpha value is -3.45. The van der Waals surface area contributed by atoms with E-state index >= 15 is 0 Å². The molecule has 214 valence electrons. The van der Waals surface area contributed by atoms with E-state index in [1.54, 1.807) is 43.5 Å². The van der Waals surface area contributed by atoms with Crippen LogP contribution in [0.5, 0.6) is 11.5 Å². The fourth-order valence-corrected chi connectivity index (χ4v) is 6.69. The Bertz CT molecular complexity index is 1590. The molecule has 3 aromatic rings. The molecule has 3 saturated heterocycles. The van der Waals surface area contributed by atoms with Crippen molar-refractivity contribution in [3.8, 4) is 11.5 Å². The number of benzene rings is 1. The molecule has 2 aromatic heterocycles. The Balaban J connectivity index is 1.28. The molecule has 12 heteroatoms. The van der Waals surface area contributed by atoms with Crippen LogP contribution in [-0.2, 0) is 20.7 Å². The van der Waals surface area contributed by atoms with Gasteiger partial charge in [0, 0.05) is 38.7 Å². The molecule has 3 aliphatic rings. The van der Waals surface area contributed by atoms with E-state index in [0.29, 0.717) is 89.9 Å². The Morgan fingerprint density at radius 1 is 1.07 bits per heavy atom. The second-order valence-corrected chi connectivity index (χ2v) is 11.6. The fourth-order valence-electron chi connectivity index (χ4n) is 5.40. The molecular weight excluding hydrogens is 564 g/mol. The molecule has 6 rings (SSSR count). The van der Waals surface area contributed by atoms with Gasteiger partial charge in [-0.3, -0.25) is 18.9 Å². The van der Waals surface area contributed by atoms with Gasteiger partial charge in [-0.2, -0.15) is 0 Å². The molecule has 0 bridgehead atoms. The van der Waals surface area contributed by atoms with Gasteiger partial charge in [0.1, 0.15) is 15.8 Å².